The molecule has 1 aliphatic rings. The molecule has 2 aromatic heterocycles. The predicted octanol–water partition coefficient (Wildman–Crippen LogP) is 5.93. The highest BCUT2D eigenvalue weighted by Crippen LogP contribution is 2.39. The van der Waals surface area contributed by atoms with Crippen LogP contribution in [-0.2, 0) is 35.8 Å². The lowest BCUT2D eigenvalue weighted by molar-refractivity contribution is -0.162. The first kappa shape index (κ1) is 38.3. The number of aromatic nitrogens is 4. The van der Waals surface area contributed by atoms with Gasteiger partial charge in [0.05, 0.1) is 35.6 Å². The van der Waals surface area contributed by atoms with E-state index in [1.807, 2.05) is 0 Å². The number of alkyl carbamates (subject to hydrolysis) is 1. The first-order chi connectivity index (χ1) is 24.1. The average Bonchev–Trinajstić information content (AvgIpc) is 3.39. The molecule has 11 nitrogen and oxygen atoms in total. The predicted molar refractivity (Wildman–Crippen MR) is 177 cm³/mol. The van der Waals surface area contributed by atoms with Crippen LogP contribution in [0.5, 0.6) is 0 Å². The SMILES string of the molecule is Cn1nc2c(=O)n(CC3(O)CCN(C(=O)CC(c4ccccc4)C(F)(F)F)CC3)cnc2c1-c1ccc(CNC(=O)OC(C)(C)C)c(C(F)(F)F)c1. The Balaban J connectivity index is 1.32. The van der Waals surface area contributed by atoms with Crippen LogP contribution in [0.25, 0.3) is 22.3 Å². The molecule has 0 bridgehead atoms. The van der Waals surface area contributed by atoms with E-state index >= 15 is 0 Å². The number of piperidine rings is 1. The molecular weight excluding hydrogens is 698 g/mol. The zero-order valence-electron chi connectivity index (χ0n) is 28.8. The maximum atomic E-state index is 14.2. The van der Waals surface area contributed by atoms with E-state index in [2.05, 4.69) is 15.4 Å². The number of amides is 2. The molecule has 1 aliphatic heterocycles. The molecule has 0 radical (unpaired) electrons. The van der Waals surface area contributed by atoms with E-state index in [1.54, 1.807) is 26.8 Å². The Kier molecular flexibility index (Phi) is 10.5. The second-order valence-corrected chi connectivity index (χ2v) is 13.9. The summed E-state index contributed by atoms with van der Waals surface area (Å²) in [6, 6.07) is 10.6. The van der Waals surface area contributed by atoms with Crippen LogP contribution < -0.4 is 10.9 Å². The minimum absolute atomic E-state index is 0.0153. The molecule has 2 amide bonds. The summed E-state index contributed by atoms with van der Waals surface area (Å²) in [5, 5.41) is 17.9. The molecule has 4 aromatic rings. The molecule has 2 N–H and O–H groups in total. The van der Waals surface area contributed by atoms with Crippen molar-refractivity contribution >= 4 is 23.0 Å². The highest BCUT2D eigenvalue weighted by Gasteiger charge is 2.44. The monoisotopic (exact) mass is 736 g/mol. The van der Waals surface area contributed by atoms with Crippen molar-refractivity contribution in [2.75, 3.05) is 13.1 Å². The molecule has 3 heterocycles. The van der Waals surface area contributed by atoms with E-state index in [9.17, 15) is 45.8 Å². The molecule has 5 rings (SSSR count). The Morgan fingerprint density at radius 1 is 1.00 bits per heavy atom. The van der Waals surface area contributed by atoms with Crippen molar-refractivity contribution in [2.45, 2.75) is 82.6 Å². The van der Waals surface area contributed by atoms with Crippen molar-refractivity contribution in [3.8, 4) is 11.3 Å². The first-order valence-electron chi connectivity index (χ1n) is 16.4. The normalized spacial score (nSPS) is 15.8. The van der Waals surface area contributed by atoms with Crippen LogP contribution in [0, 0.1) is 0 Å². The number of alkyl halides is 6. The van der Waals surface area contributed by atoms with Crippen molar-refractivity contribution in [2.24, 2.45) is 7.05 Å². The highest BCUT2D eigenvalue weighted by atomic mass is 19.4. The standard InChI is InChI=1S/C35H38F6N6O5/c1-32(2,3)52-31(50)42-18-23-11-10-22(16-24(23)34(36,37)38)29-27-28(44-45(29)4)30(49)47(20-43-27)19-33(51)12-14-46(15-13-33)26(48)17-25(35(39,40)41)21-8-6-5-7-9-21/h5-11,16,20,25,51H,12-15,17-19H2,1-4H3,(H,42,50). The summed E-state index contributed by atoms with van der Waals surface area (Å²) in [6.45, 7) is 4.04. The van der Waals surface area contributed by atoms with E-state index < -0.39 is 65.6 Å². The average molecular weight is 737 g/mol. The van der Waals surface area contributed by atoms with Crippen LogP contribution in [0.15, 0.2) is 59.7 Å². The number of aliphatic hydroxyl groups is 1. The number of hydrogen-bond acceptors (Lipinski definition) is 7. The second-order valence-electron chi connectivity index (χ2n) is 13.9. The molecule has 17 heteroatoms. The molecule has 1 unspecified atom stereocenters. The van der Waals surface area contributed by atoms with Crippen LogP contribution in [0.3, 0.4) is 0 Å². The number of nitrogens with one attached hydrogen (secondary N) is 1. The van der Waals surface area contributed by atoms with Gasteiger partial charge in [0.2, 0.25) is 5.91 Å². The van der Waals surface area contributed by atoms with Gasteiger partial charge in [-0.25, -0.2) is 9.78 Å². The Morgan fingerprint density at radius 3 is 2.25 bits per heavy atom. The van der Waals surface area contributed by atoms with Crippen LogP contribution >= 0.6 is 0 Å². The van der Waals surface area contributed by atoms with E-state index in [1.165, 1.54) is 53.0 Å². The van der Waals surface area contributed by atoms with Gasteiger partial charge in [-0.3, -0.25) is 18.8 Å². The highest BCUT2D eigenvalue weighted by molar-refractivity contribution is 5.89. The summed E-state index contributed by atoms with van der Waals surface area (Å²) in [5.74, 6) is -2.70. The van der Waals surface area contributed by atoms with E-state index in [0.717, 1.165) is 17.0 Å². The van der Waals surface area contributed by atoms with Gasteiger partial charge in [-0.2, -0.15) is 31.4 Å². The molecule has 0 saturated carbocycles. The maximum Gasteiger partial charge on any atom is 0.416 e. The van der Waals surface area contributed by atoms with Gasteiger partial charge in [0.15, 0.2) is 5.52 Å². The van der Waals surface area contributed by atoms with E-state index in [4.69, 9.17) is 4.74 Å². The third-order valence-electron chi connectivity index (χ3n) is 8.81. The summed E-state index contributed by atoms with van der Waals surface area (Å²) in [4.78, 5) is 44.1. The van der Waals surface area contributed by atoms with Gasteiger partial charge in [-0.05, 0) is 50.8 Å². The number of ether oxygens (including phenoxy) is 1. The number of hydrogen-bond donors (Lipinski definition) is 2. The lowest BCUT2D eigenvalue weighted by atomic mass is 9.90. The smallest absolute Gasteiger partial charge is 0.416 e. The Hall–Kier alpha value is -4.93. The maximum absolute atomic E-state index is 14.2. The summed E-state index contributed by atoms with van der Waals surface area (Å²) in [7, 11) is 1.44. The molecule has 1 saturated heterocycles. The number of likely N-dealkylation sites (tertiary alicyclic amines) is 1. The number of nitrogens with zero attached hydrogens (tertiary/aromatic N) is 5. The van der Waals surface area contributed by atoms with Gasteiger partial charge in [0.25, 0.3) is 5.56 Å². The molecule has 0 aliphatic carbocycles. The third kappa shape index (κ3) is 8.74. The van der Waals surface area contributed by atoms with Gasteiger partial charge in [-0.1, -0.05) is 42.5 Å². The van der Waals surface area contributed by atoms with Crippen molar-refractivity contribution in [1.29, 1.82) is 0 Å². The number of carbonyl (C=O) groups excluding carboxylic acids is 2. The molecule has 280 valence electrons. The molecule has 1 atom stereocenters. The van der Waals surface area contributed by atoms with E-state index in [0.29, 0.717) is 0 Å². The van der Waals surface area contributed by atoms with Crippen molar-refractivity contribution in [1.82, 2.24) is 29.5 Å². The van der Waals surface area contributed by atoms with Gasteiger partial charge in [0.1, 0.15) is 11.1 Å². The topological polar surface area (TPSA) is 132 Å². The number of aryl methyl sites for hydroxylation is 1. The lowest BCUT2D eigenvalue weighted by Gasteiger charge is -2.39. The van der Waals surface area contributed by atoms with Crippen molar-refractivity contribution in [3.63, 3.8) is 0 Å². The Bertz CT molecular complexity index is 1990. The number of carbonyl (C=O) groups is 2. The Morgan fingerprint density at radius 2 is 1.65 bits per heavy atom. The fraction of sp³-hybridized carbons (Fsp3) is 0.457. The lowest BCUT2D eigenvalue weighted by Crippen LogP contribution is -2.50. The summed E-state index contributed by atoms with van der Waals surface area (Å²) in [6.07, 6.45) is -10.0. The van der Waals surface area contributed by atoms with Crippen LogP contribution in [0.2, 0.25) is 0 Å². The quantitative estimate of drug-likeness (QED) is 0.215. The largest absolute Gasteiger partial charge is 0.444 e. The number of benzene rings is 2. The van der Waals surface area contributed by atoms with Gasteiger partial charge in [-0.15, -0.1) is 0 Å². The Labute approximate surface area is 294 Å². The van der Waals surface area contributed by atoms with Gasteiger partial charge in [0, 0.05) is 38.7 Å². The second kappa shape index (κ2) is 14.2. The zero-order chi connectivity index (χ0) is 38.2. The van der Waals surface area contributed by atoms with Gasteiger partial charge >= 0.3 is 18.4 Å². The molecule has 2 aromatic carbocycles. The third-order valence-corrected chi connectivity index (χ3v) is 8.81. The molecule has 0 spiro atoms. The molecule has 52 heavy (non-hydrogen) atoms. The number of rotatable bonds is 8. The summed E-state index contributed by atoms with van der Waals surface area (Å²) < 4.78 is 91.4. The van der Waals surface area contributed by atoms with Crippen molar-refractivity contribution < 1.29 is 45.8 Å². The number of fused-ring (bicyclic) bond motifs is 1. The van der Waals surface area contributed by atoms with Gasteiger partial charge < -0.3 is 20.1 Å². The fourth-order valence-electron chi connectivity index (χ4n) is 6.21. The summed E-state index contributed by atoms with van der Waals surface area (Å²) in [5.41, 5.74) is -4.29. The van der Waals surface area contributed by atoms with Crippen LogP contribution in [0.1, 0.15) is 62.6 Å². The zero-order valence-corrected chi connectivity index (χ0v) is 28.8. The minimum atomic E-state index is -4.80. The number of halogens is 6. The van der Waals surface area contributed by atoms with E-state index in [-0.39, 0.29) is 65.9 Å². The van der Waals surface area contributed by atoms with Crippen molar-refractivity contribution in [3.05, 3.63) is 81.9 Å². The summed E-state index contributed by atoms with van der Waals surface area (Å²) >= 11 is 0. The first-order valence-corrected chi connectivity index (χ1v) is 16.4. The molecule has 1 fully saturated rings. The molecular formula is C35H38F6N6O5. The van der Waals surface area contributed by atoms with Crippen LogP contribution in [-0.4, -0.2) is 71.8 Å². The fourth-order valence-corrected chi connectivity index (χ4v) is 6.21. The van der Waals surface area contributed by atoms with Crippen LogP contribution in [0.4, 0.5) is 31.1 Å². The minimum Gasteiger partial charge on any atom is -0.444 e.